The molecule has 0 spiro atoms. The first-order valence-corrected chi connectivity index (χ1v) is 7.99. The fraction of sp³-hybridized carbons (Fsp3) is 0.529. The van der Waals surface area contributed by atoms with Crippen LogP contribution in [0.2, 0.25) is 0 Å². The number of carbonyl (C=O) groups is 2. The Labute approximate surface area is 136 Å². The largest absolute Gasteiger partial charge is 0.480 e. The van der Waals surface area contributed by atoms with Crippen molar-refractivity contribution in [3.63, 3.8) is 0 Å². The van der Waals surface area contributed by atoms with Gasteiger partial charge < -0.3 is 19.7 Å². The van der Waals surface area contributed by atoms with Gasteiger partial charge in [0.1, 0.15) is 5.75 Å². The van der Waals surface area contributed by atoms with Gasteiger partial charge in [-0.1, -0.05) is 32.0 Å². The van der Waals surface area contributed by atoms with Gasteiger partial charge in [0.15, 0.2) is 6.10 Å². The number of carbonyl (C=O) groups excluding carboxylic acids is 2. The van der Waals surface area contributed by atoms with E-state index < -0.39 is 6.10 Å². The molecule has 1 saturated heterocycles. The number of nitrogens with one attached hydrogen (secondary N) is 1. The molecule has 1 heterocycles. The Kier molecular flexibility index (Phi) is 6.26. The van der Waals surface area contributed by atoms with Crippen LogP contribution in [0.4, 0.5) is 4.79 Å². The second kappa shape index (κ2) is 8.41. The standard InChI is InChI=1S/C17H24N2O4/c1-13(2)15(23-14-7-4-3-5-8-14)16(20)18-9-11-19-10-6-12-22-17(19)21/h3-5,7-8,13,15H,6,9-12H2,1-2H3,(H,18,20). The first-order valence-electron chi connectivity index (χ1n) is 7.99. The molecule has 1 N–H and O–H groups in total. The molecule has 1 atom stereocenters. The smallest absolute Gasteiger partial charge is 0.409 e. The van der Waals surface area contributed by atoms with Gasteiger partial charge in [-0.15, -0.1) is 0 Å². The summed E-state index contributed by atoms with van der Waals surface area (Å²) in [6.07, 6.45) is -0.0528. The lowest BCUT2D eigenvalue weighted by Crippen LogP contribution is -2.46. The van der Waals surface area contributed by atoms with E-state index >= 15 is 0 Å². The van der Waals surface area contributed by atoms with E-state index in [-0.39, 0.29) is 17.9 Å². The summed E-state index contributed by atoms with van der Waals surface area (Å²) in [5, 5.41) is 2.84. The molecule has 1 fully saturated rings. The van der Waals surface area contributed by atoms with Crippen LogP contribution in [-0.2, 0) is 9.53 Å². The van der Waals surface area contributed by atoms with E-state index in [9.17, 15) is 9.59 Å². The van der Waals surface area contributed by atoms with Crippen molar-refractivity contribution < 1.29 is 19.1 Å². The molecule has 0 bridgehead atoms. The maximum Gasteiger partial charge on any atom is 0.409 e. The topological polar surface area (TPSA) is 67.9 Å². The third-order valence-electron chi connectivity index (χ3n) is 3.61. The van der Waals surface area contributed by atoms with Crippen LogP contribution in [-0.4, -0.2) is 49.2 Å². The molecule has 1 aliphatic heterocycles. The molecule has 1 aromatic rings. The number of cyclic esters (lactones) is 1. The molecule has 23 heavy (non-hydrogen) atoms. The van der Waals surface area contributed by atoms with Crippen LogP contribution in [0.5, 0.6) is 5.75 Å². The van der Waals surface area contributed by atoms with E-state index in [1.54, 1.807) is 4.90 Å². The number of hydrogen-bond acceptors (Lipinski definition) is 4. The minimum absolute atomic E-state index is 0.0372. The highest BCUT2D eigenvalue weighted by atomic mass is 16.6. The monoisotopic (exact) mass is 320 g/mol. The van der Waals surface area contributed by atoms with Crippen molar-refractivity contribution in [1.82, 2.24) is 10.2 Å². The average Bonchev–Trinajstić information content (AvgIpc) is 2.55. The van der Waals surface area contributed by atoms with E-state index in [2.05, 4.69) is 5.32 Å². The molecule has 126 valence electrons. The number of hydrogen-bond donors (Lipinski definition) is 1. The number of amides is 2. The molecule has 6 heteroatoms. The summed E-state index contributed by atoms with van der Waals surface area (Å²) in [5.41, 5.74) is 0. The van der Waals surface area contributed by atoms with Crippen molar-refractivity contribution in [2.24, 2.45) is 5.92 Å². The Morgan fingerprint density at radius 3 is 2.74 bits per heavy atom. The van der Waals surface area contributed by atoms with Gasteiger partial charge in [0.05, 0.1) is 6.61 Å². The van der Waals surface area contributed by atoms with Crippen molar-refractivity contribution in [1.29, 1.82) is 0 Å². The molecule has 2 amide bonds. The fourth-order valence-corrected chi connectivity index (χ4v) is 2.35. The zero-order valence-electron chi connectivity index (χ0n) is 13.7. The Morgan fingerprint density at radius 2 is 2.09 bits per heavy atom. The van der Waals surface area contributed by atoms with Gasteiger partial charge in [-0.25, -0.2) is 4.79 Å². The summed E-state index contributed by atoms with van der Waals surface area (Å²) < 4.78 is 10.7. The van der Waals surface area contributed by atoms with E-state index in [0.29, 0.717) is 32.0 Å². The summed E-state index contributed by atoms with van der Waals surface area (Å²) >= 11 is 0. The normalized spacial score (nSPS) is 16.0. The van der Waals surface area contributed by atoms with Crippen LogP contribution in [0.3, 0.4) is 0 Å². The summed E-state index contributed by atoms with van der Waals surface area (Å²) in [6.45, 7) is 5.85. The summed E-state index contributed by atoms with van der Waals surface area (Å²) in [7, 11) is 0. The maximum atomic E-state index is 12.3. The predicted molar refractivity (Wildman–Crippen MR) is 86.2 cm³/mol. The van der Waals surface area contributed by atoms with Gasteiger partial charge in [-0.05, 0) is 24.5 Å². The Morgan fingerprint density at radius 1 is 1.35 bits per heavy atom. The van der Waals surface area contributed by atoms with Crippen molar-refractivity contribution in [3.05, 3.63) is 30.3 Å². The van der Waals surface area contributed by atoms with Crippen LogP contribution >= 0.6 is 0 Å². The Bertz CT molecular complexity index is 519. The average molecular weight is 320 g/mol. The third kappa shape index (κ3) is 5.16. The number of rotatable bonds is 7. The molecule has 0 aliphatic carbocycles. The zero-order chi connectivity index (χ0) is 16.7. The summed E-state index contributed by atoms with van der Waals surface area (Å²) in [4.78, 5) is 25.5. The molecular formula is C17H24N2O4. The molecule has 0 aromatic heterocycles. The quantitative estimate of drug-likeness (QED) is 0.835. The highest BCUT2D eigenvalue weighted by Gasteiger charge is 2.25. The summed E-state index contributed by atoms with van der Waals surface area (Å²) in [5.74, 6) is 0.533. The van der Waals surface area contributed by atoms with Crippen LogP contribution in [0.15, 0.2) is 30.3 Å². The first-order chi connectivity index (χ1) is 11.1. The molecule has 0 radical (unpaired) electrons. The molecular weight excluding hydrogens is 296 g/mol. The van der Waals surface area contributed by atoms with E-state index in [0.717, 1.165) is 6.42 Å². The van der Waals surface area contributed by atoms with Gasteiger partial charge in [0, 0.05) is 19.6 Å². The lowest BCUT2D eigenvalue weighted by atomic mass is 10.1. The SMILES string of the molecule is CC(C)C(Oc1ccccc1)C(=O)NCCN1CCCOC1=O. The van der Waals surface area contributed by atoms with E-state index in [4.69, 9.17) is 9.47 Å². The minimum atomic E-state index is -0.564. The molecule has 1 aromatic carbocycles. The summed E-state index contributed by atoms with van der Waals surface area (Å²) in [6, 6.07) is 9.28. The minimum Gasteiger partial charge on any atom is -0.480 e. The van der Waals surface area contributed by atoms with Crippen LogP contribution in [0, 0.1) is 5.92 Å². The van der Waals surface area contributed by atoms with Gasteiger partial charge in [0.25, 0.3) is 5.91 Å². The zero-order valence-corrected chi connectivity index (χ0v) is 13.7. The lowest BCUT2D eigenvalue weighted by molar-refractivity contribution is -0.129. The number of ether oxygens (including phenoxy) is 2. The van der Waals surface area contributed by atoms with E-state index in [1.165, 1.54) is 0 Å². The van der Waals surface area contributed by atoms with Crippen molar-refractivity contribution >= 4 is 12.0 Å². The fourth-order valence-electron chi connectivity index (χ4n) is 2.35. The highest BCUT2D eigenvalue weighted by molar-refractivity contribution is 5.81. The predicted octanol–water partition coefficient (Wildman–Crippen LogP) is 2.05. The van der Waals surface area contributed by atoms with Gasteiger partial charge in [-0.3, -0.25) is 4.79 Å². The number of benzene rings is 1. The van der Waals surface area contributed by atoms with Crippen LogP contribution in [0.1, 0.15) is 20.3 Å². The Hall–Kier alpha value is -2.24. The highest BCUT2D eigenvalue weighted by Crippen LogP contribution is 2.15. The Balaban J connectivity index is 1.82. The molecule has 1 unspecified atom stereocenters. The van der Waals surface area contributed by atoms with Gasteiger partial charge in [0.2, 0.25) is 0 Å². The number of para-hydroxylation sites is 1. The van der Waals surface area contributed by atoms with E-state index in [1.807, 2.05) is 44.2 Å². The molecule has 1 aliphatic rings. The third-order valence-corrected chi connectivity index (χ3v) is 3.61. The molecule has 6 nitrogen and oxygen atoms in total. The number of nitrogens with zero attached hydrogens (tertiary/aromatic N) is 1. The second-order valence-corrected chi connectivity index (χ2v) is 5.84. The van der Waals surface area contributed by atoms with Crippen molar-refractivity contribution in [2.45, 2.75) is 26.4 Å². The van der Waals surface area contributed by atoms with Crippen LogP contribution in [0.25, 0.3) is 0 Å². The van der Waals surface area contributed by atoms with Gasteiger partial charge >= 0.3 is 6.09 Å². The first kappa shape index (κ1) is 17.1. The van der Waals surface area contributed by atoms with Gasteiger partial charge in [-0.2, -0.15) is 0 Å². The van der Waals surface area contributed by atoms with Crippen molar-refractivity contribution in [2.75, 3.05) is 26.2 Å². The van der Waals surface area contributed by atoms with Crippen molar-refractivity contribution in [3.8, 4) is 5.75 Å². The maximum absolute atomic E-state index is 12.3. The lowest BCUT2D eigenvalue weighted by Gasteiger charge is -2.27. The second-order valence-electron chi connectivity index (χ2n) is 5.84. The van der Waals surface area contributed by atoms with Crippen LogP contribution < -0.4 is 10.1 Å². The molecule has 0 saturated carbocycles. The molecule has 2 rings (SSSR count).